The molecule has 1 saturated heterocycles. The number of benzene rings is 1. The van der Waals surface area contributed by atoms with Gasteiger partial charge in [-0.25, -0.2) is 6.57 Å². The Morgan fingerprint density at radius 1 is 0.755 bits per heavy atom. The third-order valence-corrected chi connectivity index (χ3v) is 8.14. The van der Waals surface area contributed by atoms with E-state index in [0.29, 0.717) is 118 Å². The van der Waals surface area contributed by atoms with Gasteiger partial charge >= 0.3 is 11.9 Å². The molecule has 3 unspecified atom stereocenters. The number of aliphatic hydroxyl groups excluding tert-OH is 2. The number of likely N-dealkylation sites (N-methyl/N-ethyl adjacent to an activating group) is 1. The lowest BCUT2D eigenvalue weighted by molar-refractivity contribution is -0.143. The first-order chi connectivity index (χ1) is 26.0. The average Bonchev–Trinajstić information content (AvgIpc) is 3.18. The lowest BCUT2D eigenvalue weighted by Gasteiger charge is -2.36. The Bertz CT molecular complexity index is 1120. The van der Waals surface area contributed by atoms with Crippen LogP contribution in [0.25, 0.3) is 10.9 Å². The standard InChI is InChI=1S/C37H61N3O11.CH2O/c1-5-39(33-10-8-32(9-11-33)30-34-31(3)35(38-4)37(43)40(6-2)36(34)42)12-7-14-44-16-18-46-20-22-48-24-26-50-28-29-51-27-25-49-23-21-47-19-17-45-15-13-41;1-2/h8-11,30-31,35-36,41-42H,5-7,12-29H2,1-3H3;1H2. The van der Waals surface area contributed by atoms with E-state index in [9.17, 15) is 9.90 Å². The van der Waals surface area contributed by atoms with Crippen LogP contribution in [0.15, 0.2) is 29.8 Å². The molecule has 1 aromatic rings. The molecule has 15 nitrogen and oxygen atoms in total. The van der Waals surface area contributed by atoms with Crippen LogP contribution in [0.3, 0.4) is 0 Å². The van der Waals surface area contributed by atoms with Crippen LogP contribution in [0.1, 0.15) is 32.8 Å². The van der Waals surface area contributed by atoms with Crippen molar-refractivity contribution in [1.29, 1.82) is 0 Å². The van der Waals surface area contributed by atoms with E-state index in [0.717, 1.165) is 30.8 Å². The van der Waals surface area contributed by atoms with E-state index in [1.807, 2.05) is 38.8 Å². The number of hydrogen-bond acceptors (Lipinski definition) is 13. The molecule has 1 heterocycles. The maximum Gasteiger partial charge on any atom is 0.308 e. The van der Waals surface area contributed by atoms with Crippen molar-refractivity contribution in [2.75, 3.05) is 137 Å². The van der Waals surface area contributed by atoms with Crippen molar-refractivity contribution in [3.8, 4) is 0 Å². The topological polar surface area (TPSA) is 159 Å². The molecule has 3 atom stereocenters. The molecule has 1 aromatic carbocycles. The van der Waals surface area contributed by atoms with Gasteiger partial charge in [0.15, 0.2) is 6.23 Å². The van der Waals surface area contributed by atoms with E-state index in [4.69, 9.17) is 54.4 Å². The highest BCUT2D eigenvalue weighted by Gasteiger charge is 2.46. The van der Waals surface area contributed by atoms with E-state index in [1.165, 1.54) is 4.90 Å². The first kappa shape index (κ1) is 48.0. The number of anilines is 1. The maximum atomic E-state index is 12.5. The van der Waals surface area contributed by atoms with Gasteiger partial charge < -0.3 is 67.5 Å². The second-order valence-electron chi connectivity index (χ2n) is 11.7. The number of piperidine rings is 1. The van der Waals surface area contributed by atoms with Crippen molar-refractivity contribution >= 4 is 24.5 Å². The normalized spacial score (nSPS) is 17.8. The summed E-state index contributed by atoms with van der Waals surface area (Å²) < 4.78 is 43.7. The van der Waals surface area contributed by atoms with Crippen molar-refractivity contribution in [2.45, 2.75) is 39.5 Å². The molecule has 1 amide bonds. The predicted octanol–water partition coefficient (Wildman–Crippen LogP) is 2.33. The molecular weight excluding hydrogens is 690 g/mol. The third kappa shape index (κ3) is 20.3. The second-order valence-corrected chi connectivity index (χ2v) is 11.7. The Morgan fingerprint density at radius 3 is 1.55 bits per heavy atom. The summed E-state index contributed by atoms with van der Waals surface area (Å²) in [5.41, 5.74) is 2.71. The van der Waals surface area contributed by atoms with Crippen LogP contribution in [0.4, 0.5) is 5.69 Å². The minimum absolute atomic E-state index is 0.0196. The smallest absolute Gasteiger partial charge is 0.308 e. The van der Waals surface area contributed by atoms with Gasteiger partial charge in [0.2, 0.25) is 0 Å². The first-order valence-corrected chi connectivity index (χ1v) is 18.4. The van der Waals surface area contributed by atoms with Crippen LogP contribution in [-0.2, 0) is 47.5 Å². The monoisotopic (exact) mass is 753 g/mol. The van der Waals surface area contributed by atoms with E-state index >= 15 is 0 Å². The van der Waals surface area contributed by atoms with Crippen molar-refractivity contribution < 1.29 is 57.7 Å². The molecule has 0 radical (unpaired) electrons. The summed E-state index contributed by atoms with van der Waals surface area (Å²) in [5, 5.41) is 19.4. The van der Waals surface area contributed by atoms with E-state index in [2.05, 4.69) is 28.8 Å². The zero-order valence-electron chi connectivity index (χ0n) is 32.0. The largest absolute Gasteiger partial charge is 0.394 e. The van der Waals surface area contributed by atoms with Gasteiger partial charge in [-0.05, 0) is 43.5 Å². The summed E-state index contributed by atoms with van der Waals surface area (Å²) in [6.45, 7) is 25.2. The van der Waals surface area contributed by atoms with Crippen LogP contribution in [0.2, 0.25) is 0 Å². The van der Waals surface area contributed by atoms with Crippen molar-refractivity contribution in [1.82, 2.24) is 4.90 Å². The van der Waals surface area contributed by atoms with Gasteiger partial charge in [0.1, 0.15) is 6.79 Å². The molecule has 0 spiro atoms. The molecule has 15 heteroatoms. The number of nitrogens with zero attached hydrogens (tertiary/aromatic N) is 3. The van der Waals surface area contributed by atoms with Crippen molar-refractivity contribution in [3.63, 3.8) is 0 Å². The Labute approximate surface area is 315 Å². The lowest BCUT2D eigenvalue weighted by atomic mass is 9.85. The first-order valence-electron chi connectivity index (χ1n) is 18.4. The summed E-state index contributed by atoms with van der Waals surface area (Å²) in [4.78, 5) is 27.7. The molecule has 0 aliphatic carbocycles. The summed E-state index contributed by atoms with van der Waals surface area (Å²) >= 11 is 0. The predicted molar refractivity (Wildman–Crippen MR) is 201 cm³/mol. The van der Waals surface area contributed by atoms with Gasteiger partial charge in [0.25, 0.3) is 0 Å². The molecule has 53 heavy (non-hydrogen) atoms. The maximum absolute atomic E-state index is 12.5. The van der Waals surface area contributed by atoms with Crippen LogP contribution in [0, 0.1) is 12.5 Å². The van der Waals surface area contributed by atoms with Crippen molar-refractivity contribution in [3.05, 3.63) is 46.8 Å². The molecule has 1 fully saturated rings. The summed E-state index contributed by atoms with van der Waals surface area (Å²) in [5.74, 6) is -0.665. The van der Waals surface area contributed by atoms with E-state index in [-0.39, 0.29) is 18.4 Å². The minimum Gasteiger partial charge on any atom is -0.394 e. The fourth-order valence-corrected chi connectivity index (χ4v) is 5.31. The molecular formula is C38H63N3O12. The third-order valence-electron chi connectivity index (χ3n) is 8.14. The van der Waals surface area contributed by atoms with Crippen LogP contribution < -0.4 is 4.90 Å². The Hall–Kier alpha value is -3.01. The Kier molecular flexibility index (Phi) is 29.4. The fraction of sp³-hybridized carbons (Fsp3) is 0.711. The van der Waals surface area contributed by atoms with Crippen LogP contribution in [0.5, 0.6) is 0 Å². The Balaban J connectivity index is 0.00000690. The molecule has 2 N–H and O–H groups in total. The fourth-order valence-electron chi connectivity index (χ4n) is 5.31. The van der Waals surface area contributed by atoms with Gasteiger partial charge in [-0.2, -0.15) is 0 Å². The molecule has 2 rings (SSSR count). The van der Waals surface area contributed by atoms with E-state index in [1.54, 1.807) is 0 Å². The summed E-state index contributed by atoms with van der Waals surface area (Å²) in [6.07, 6.45) is 1.76. The average molecular weight is 754 g/mol. The quantitative estimate of drug-likeness (QED) is 0.0842. The minimum atomic E-state index is -1.02. The number of amides is 1. The van der Waals surface area contributed by atoms with Crippen molar-refractivity contribution in [2.24, 2.45) is 5.92 Å². The molecule has 1 aliphatic rings. The van der Waals surface area contributed by atoms with Gasteiger partial charge in [-0.1, -0.05) is 25.1 Å². The molecule has 0 saturated carbocycles. The molecule has 1 aliphatic heterocycles. The molecule has 0 aromatic heterocycles. The van der Waals surface area contributed by atoms with Crippen LogP contribution >= 0.6 is 0 Å². The second kappa shape index (κ2) is 32.4. The number of hydrogen-bond donors (Lipinski definition) is 2. The highest BCUT2D eigenvalue weighted by Crippen LogP contribution is 2.32. The van der Waals surface area contributed by atoms with E-state index < -0.39 is 12.3 Å². The highest BCUT2D eigenvalue weighted by atomic mass is 16.6. The molecule has 302 valence electrons. The highest BCUT2D eigenvalue weighted by molar-refractivity contribution is 5.87. The SMILES string of the molecule is C=O.[C-]#[N+]C1C(=O)N(CC)C(O)C(=Cc2ccc(N(CC)CCCOCCOCCOCCOCCOCCOCCOCCOCCO)cc2)C1C. The van der Waals surface area contributed by atoms with Gasteiger partial charge in [-0.3, -0.25) is 4.79 Å². The summed E-state index contributed by atoms with van der Waals surface area (Å²) in [6, 6.07) is 7.32. The van der Waals surface area contributed by atoms with Crippen LogP contribution in [-0.4, -0.2) is 172 Å². The zero-order chi connectivity index (χ0) is 38.9. The number of carbonyl (C=O) groups excluding carboxylic acids is 2. The number of carbonyl (C=O) groups is 2. The zero-order valence-corrected chi connectivity index (χ0v) is 32.0. The van der Waals surface area contributed by atoms with Gasteiger partial charge in [0.05, 0.1) is 112 Å². The number of likely N-dealkylation sites (tertiary alicyclic amines) is 1. The lowest BCUT2D eigenvalue weighted by Crippen LogP contribution is -2.53. The Morgan fingerprint density at radius 2 is 1.17 bits per heavy atom. The number of rotatable bonds is 31. The number of aliphatic hydroxyl groups is 2. The van der Waals surface area contributed by atoms with Gasteiger partial charge in [-0.15, -0.1) is 0 Å². The summed E-state index contributed by atoms with van der Waals surface area (Å²) in [7, 11) is 0. The van der Waals surface area contributed by atoms with Gasteiger partial charge in [0, 0.05) is 31.9 Å². The molecule has 0 bridgehead atoms. The number of ether oxygens (including phenoxy) is 8.